The minimum absolute atomic E-state index is 0.0239. The van der Waals surface area contributed by atoms with Crippen LogP contribution >= 0.6 is 0 Å². The molecule has 1 aromatic carbocycles. The van der Waals surface area contributed by atoms with Gasteiger partial charge in [0.05, 0.1) is 10.6 Å². The molecule has 0 fully saturated rings. The van der Waals surface area contributed by atoms with E-state index in [0.717, 1.165) is 6.07 Å². The van der Waals surface area contributed by atoms with E-state index in [0.29, 0.717) is 6.42 Å². The number of nitrogens with one attached hydrogen (secondary N) is 1. The predicted molar refractivity (Wildman–Crippen MR) is 63.1 cm³/mol. The summed E-state index contributed by atoms with van der Waals surface area (Å²) in [5.74, 6) is 0. The molecule has 7 heteroatoms. The molecule has 1 atom stereocenters. The first kappa shape index (κ1) is 14.8. The zero-order valence-electron chi connectivity index (χ0n) is 9.95. The number of para-hydroxylation sites is 1. The lowest BCUT2D eigenvalue weighted by Crippen LogP contribution is -2.25. The molecule has 3 nitrogen and oxygen atoms in total. The molecule has 1 rings (SSSR count). The number of hydrogen-bond donors (Lipinski definition) is 1. The maximum absolute atomic E-state index is 12.5. The summed E-state index contributed by atoms with van der Waals surface area (Å²) < 4.78 is 60.3. The van der Waals surface area contributed by atoms with Crippen molar-refractivity contribution >= 4 is 15.5 Å². The van der Waals surface area contributed by atoms with E-state index >= 15 is 0 Å². The van der Waals surface area contributed by atoms with Crippen LogP contribution in [0.1, 0.15) is 20.3 Å². The lowest BCUT2D eigenvalue weighted by atomic mass is 10.2. The highest BCUT2D eigenvalue weighted by molar-refractivity contribution is 7.92. The van der Waals surface area contributed by atoms with E-state index < -0.39 is 20.2 Å². The third-order valence-electron chi connectivity index (χ3n) is 2.50. The van der Waals surface area contributed by atoms with Crippen LogP contribution in [0.5, 0.6) is 0 Å². The van der Waals surface area contributed by atoms with Crippen LogP contribution in [-0.4, -0.2) is 20.0 Å². The standard InChI is InChI=1S/C11H14F3NO2S/c1-3-8(2)15-9-6-4-5-7-10(9)18(16,17)11(12,13)14/h4-8,15H,3H2,1-2H3. The number of sulfone groups is 1. The summed E-state index contributed by atoms with van der Waals surface area (Å²) in [7, 11) is -5.32. The molecule has 0 aromatic heterocycles. The maximum atomic E-state index is 12.5. The van der Waals surface area contributed by atoms with Gasteiger partial charge in [-0.3, -0.25) is 0 Å². The molecule has 0 aliphatic heterocycles. The lowest BCUT2D eigenvalue weighted by molar-refractivity contribution is -0.0435. The van der Waals surface area contributed by atoms with E-state index in [-0.39, 0.29) is 11.7 Å². The molecule has 0 aliphatic carbocycles. The third kappa shape index (κ3) is 2.95. The molecule has 0 aliphatic rings. The maximum Gasteiger partial charge on any atom is 0.501 e. The third-order valence-corrected chi connectivity index (χ3v) is 4.04. The van der Waals surface area contributed by atoms with Crippen molar-refractivity contribution in [3.8, 4) is 0 Å². The van der Waals surface area contributed by atoms with Crippen molar-refractivity contribution in [1.29, 1.82) is 0 Å². The zero-order chi connectivity index (χ0) is 14.0. The van der Waals surface area contributed by atoms with Gasteiger partial charge in [0.1, 0.15) is 0 Å². The second-order valence-electron chi connectivity index (χ2n) is 3.90. The molecule has 1 aromatic rings. The summed E-state index contributed by atoms with van der Waals surface area (Å²) in [6.45, 7) is 3.61. The minimum atomic E-state index is -5.32. The van der Waals surface area contributed by atoms with Crippen molar-refractivity contribution in [2.75, 3.05) is 5.32 Å². The predicted octanol–water partition coefficient (Wildman–Crippen LogP) is 3.19. The summed E-state index contributed by atoms with van der Waals surface area (Å²) in [5.41, 5.74) is -5.32. The number of halogens is 3. The lowest BCUT2D eigenvalue weighted by Gasteiger charge is -2.17. The fourth-order valence-corrected chi connectivity index (χ4v) is 2.24. The van der Waals surface area contributed by atoms with Gasteiger partial charge in [0.25, 0.3) is 9.84 Å². The summed E-state index contributed by atoms with van der Waals surface area (Å²) in [4.78, 5) is -0.738. The van der Waals surface area contributed by atoms with Crippen molar-refractivity contribution in [2.24, 2.45) is 0 Å². The average molecular weight is 281 g/mol. The van der Waals surface area contributed by atoms with E-state index in [1.54, 1.807) is 6.92 Å². The first-order valence-corrected chi connectivity index (χ1v) is 6.85. The SMILES string of the molecule is CCC(C)Nc1ccccc1S(=O)(=O)C(F)(F)F. The molecule has 0 bridgehead atoms. The Morgan fingerprint density at radius 3 is 2.33 bits per heavy atom. The summed E-state index contributed by atoms with van der Waals surface area (Å²) in [6.07, 6.45) is 0.667. The molecule has 0 radical (unpaired) electrons. The van der Waals surface area contributed by atoms with Gasteiger partial charge in [0.2, 0.25) is 0 Å². The quantitative estimate of drug-likeness (QED) is 0.922. The van der Waals surface area contributed by atoms with Crippen LogP contribution in [0.25, 0.3) is 0 Å². The topological polar surface area (TPSA) is 46.2 Å². The summed E-state index contributed by atoms with van der Waals surface area (Å²) in [6, 6.07) is 4.91. The highest BCUT2D eigenvalue weighted by Gasteiger charge is 2.47. The molecule has 0 amide bonds. The highest BCUT2D eigenvalue weighted by Crippen LogP contribution is 2.34. The van der Waals surface area contributed by atoms with Gasteiger partial charge in [-0.2, -0.15) is 13.2 Å². The Kier molecular flexibility index (Phi) is 4.26. The Hall–Kier alpha value is -1.24. The van der Waals surface area contributed by atoms with Crippen molar-refractivity contribution < 1.29 is 21.6 Å². The molecular formula is C11H14F3NO2S. The van der Waals surface area contributed by atoms with E-state index in [4.69, 9.17) is 0 Å². The molecule has 1 N–H and O–H groups in total. The molecule has 0 saturated carbocycles. The van der Waals surface area contributed by atoms with Crippen LogP contribution in [0, 0.1) is 0 Å². The molecule has 102 valence electrons. The first-order valence-electron chi connectivity index (χ1n) is 5.37. The summed E-state index contributed by atoms with van der Waals surface area (Å²) in [5, 5.41) is 2.76. The van der Waals surface area contributed by atoms with Crippen LogP contribution < -0.4 is 5.32 Å². The van der Waals surface area contributed by atoms with Crippen LogP contribution in [0.3, 0.4) is 0 Å². The van der Waals surface area contributed by atoms with E-state index in [1.807, 2.05) is 6.92 Å². The number of benzene rings is 1. The number of rotatable bonds is 4. The van der Waals surface area contributed by atoms with Gasteiger partial charge in [-0.05, 0) is 25.5 Å². The molecule has 0 heterocycles. The van der Waals surface area contributed by atoms with Gasteiger partial charge < -0.3 is 5.32 Å². The van der Waals surface area contributed by atoms with Crippen LogP contribution in [0.4, 0.5) is 18.9 Å². The van der Waals surface area contributed by atoms with Crippen molar-refractivity contribution in [1.82, 2.24) is 0 Å². The molecule has 0 saturated heterocycles. The average Bonchev–Trinajstić information content (AvgIpc) is 2.28. The number of hydrogen-bond acceptors (Lipinski definition) is 3. The Labute approximate surface area is 104 Å². The minimum Gasteiger partial charge on any atom is -0.382 e. The Morgan fingerprint density at radius 2 is 1.83 bits per heavy atom. The smallest absolute Gasteiger partial charge is 0.382 e. The number of anilines is 1. The van der Waals surface area contributed by atoms with Gasteiger partial charge in [0.15, 0.2) is 0 Å². The molecule has 18 heavy (non-hydrogen) atoms. The fraction of sp³-hybridized carbons (Fsp3) is 0.455. The van der Waals surface area contributed by atoms with Gasteiger partial charge in [-0.25, -0.2) is 8.42 Å². The highest BCUT2D eigenvalue weighted by atomic mass is 32.2. The van der Waals surface area contributed by atoms with Crippen LogP contribution in [-0.2, 0) is 9.84 Å². The van der Waals surface area contributed by atoms with E-state index in [9.17, 15) is 21.6 Å². The summed E-state index contributed by atoms with van der Waals surface area (Å²) >= 11 is 0. The monoisotopic (exact) mass is 281 g/mol. The van der Waals surface area contributed by atoms with Crippen LogP contribution in [0.15, 0.2) is 29.2 Å². The van der Waals surface area contributed by atoms with Gasteiger partial charge >= 0.3 is 5.51 Å². The first-order chi connectivity index (χ1) is 8.20. The van der Waals surface area contributed by atoms with Gasteiger partial charge in [-0.15, -0.1) is 0 Å². The van der Waals surface area contributed by atoms with Crippen LogP contribution in [0.2, 0.25) is 0 Å². The molecule has 1 unspecified atom stereocenters. The second kappa shape index (κ2) is 5.17. The molecule has 0 spiro atoms. The normalized spacial score (nSPS) is 14.3. The molecular weight excluding hydrogens is 267 g/mol. The van der Waals surface area contributed by atoms with Gasteiger partial charge in [-0.1, -0.05) is 19.1 Å². The Morgan fingerprint density at radius 1 is 1.28 bits per heavy atom. The Balaban J connectivity index is 3.26. The van der Waals surface area contributed by atoms with Crippen molar-refractivity contribution in [3.05, 3.63) is 24.3 Å². The number of alkyl halides is 3. The van der Waals surface area contributed by atoms with Gasteiger partial charge in [0, 0.05) is 6.04 Å². The van der Waals surface area contributed by atoms with Crippen molar-refractivity contribution in [3.63, 3.8) is 0 Å². The van der Waals surface area contributed by atoms with E-state index in [2.05, 4.69) is 5.32 Å². The largest absolute Gasteiger partial charge is 0.501 e. The Bertz CT molecular complexity index is 511. The fourth-order valence-electron chi connectivity index (χ4n) is 1.31. The second-order valence-corrected chi connectivity index (χ2v) is 5.81. The van der Waals surface area contributed by atoms with E-state index in [1.165, 1.54) is 18.2 Å². The zero-order valence-corrected chi connectivity index (χ0v) is 10.8. The van der Waals surface area contributed by atoms with Crippen molar-refractivity contribution in [2.45, 2.75) is 36.7 Å².